The Morgan fingerprint density at radius 1 is 1.36 bits per heavy atom. The Morgan fingerprint density at radius 3 is 2.91 bits per heavy atom. The lowest BCUT2D eigenvalue weighted by Crippen LogP contribution is -1.84. The number of rotatable bonds is 0. The van der Waals surface area contributed by atoms with Crippen molar-refractivity contribution in [3.05, 3.63) is 33.8 Å². The highest BCUT2D eigenvalue weighted by Crippen LogP contribution is 2.41. The number of benzene rings is 1. The first-order valence-corrected chi connectivity index (χ1v) is 5.41. The second-order valence-corrected chi connectivity index (χ2v) is 4.78. The van der Waals surface area contributed by atoms with Crippen LogP contribution >= 0.6 is 31.9 Å². The first kappa shape index (κ1) is 7.81. The van der Waals surface area contributed by atoms with Crippen LogP contribution in [0.25, 0.3) is 0 Å². The van der Waals surface area contributed by atoms with E-state index in [4.69, 9.17) is 0 Å². The molecule has 0 fully saturated rings. The Hall–Kier alpha value is 0.180. The molecule has 1 atom stereocenters. The summed E-state index contributed by atoms with van der Waals surface area (Å²) in [6.45, 7) is 0. The summed E-state index contributed by atoms with van der Waals surface area (Å²) in [4.78, 5) is 0.563. The monoisotopic (exact) mass is 274 g/mol. The zero-order valence-electron chi connectivity index (χ0n) is 5.98. The number of alkyl halides is 1. The van der Waals surface area contributed by atoms with Crippen LogP contribution in [0.2, 0.25) is 0 Å². The number of hydrogen-bond donors (Lipinski definition) is 0. The summed E-state index contributed by atoms with van der Waals surface area (Å²) in [6.07, 6.45) is 2.45. The van der Waals surface area contributed by atoms with Crippen molar-refractivity contribution >= 4 is 31.9 Å². The molecule has 1 aromatic carbocycles. The van der Waals surface area contributed by atoms with Gasteiger partial charge < -0.3 is 0 Å². The van der Waals surface area contributed by atoms with Crippen LogP contribution in [0, 0.1) is 0 Å². The van der Waals surface area contributed by atoms with Crippen LogP contribution in [0.15, 0.2) is 22.7 Å². The minimum Gasteiger partial charge on any atom is -0.0838 e. The van der Waals surface area contributed by atoms with Gasteiger partial charge >= 0.3 is 0 Å². The molecule has 0 heterocycles. The van der Waals surface area contributed by atoms with Gasteiger partial charge in [0.1, 0.15) is 0 Å². The molecule has 0 amide bonds. The van der Waals surface area contributed by atoms with E-state index in [2.05, 4.69) is 50.1 Å². The quantitative estimate of drug-likeness (QED) is 0.632. The third kappa shape index (κ3) is 1.27. The van der Waals surface area contributed by atoms with Crippen molar-refractivity contribution in [2.24, 2.45) is 0 Å². The van der Waals surface area contributed by atoms with E-state index in [-0.39, 0.29) is 0 Å². The molecule has 0 spiro atoms. The van der Waals surface area contributed by atoms with Crippen LogP contribution in [0.4, 0.5) is 0 Å². The van der Waals surface area contributed by atoms with Crippen LogP contribution in [-0.4, -0.2) is 0 Å². The fourth-order valence-corrected chi connectivity index (χ4v) is 3.34. The van der Waals surface area contributed by atoms with Crippen molar-refractivity contribution in [1.82, 2.24) is 0 Å². The van der Waals surface area contributed by atoms with Crippen molar-refractivity contribution in [3.63, 3.8) is 0 Å². The van der Waals surface area contributed by atoms with Gasteiger partial charge in [-0.25, -0.2) is 0 Å². The molecular formula is C9H8Br2. The van der Waals surface area contributed by atoms with Crippen molar-refractivity contribution in [1.29, 1.82) is 0 Å². The maximum Gasteiger partial charge on any atom is 0.0412 e. The highest BCUT2D eigenvalue weighted by atomic mass is 79.9. The second kappa shape index (κ2) is 2.91. The summed E-state index contributed by atoms with van der Waals surface area (Å²) in [7, 11) is 0. The minimum absolute atomic E-state index is 0.563. The number of hydrogen-bond acceptors (Lipinski definition) is 0. The van der Waals surface area contributed by atoms with E-state index in [1.165, 1.54) is 28.4 Å². The maximum absolute atomic E-state index is 3.66. The van der Waals surface area contributed by atoms with E-state index in [9.17, 15) is 0 Å². The molecule has 2 rings (SSSR count). The first-order chi connectivity index (χ1) is 5.29. The molecule has 2 heteroatoms. The largest absolute Gasteiger partial charge is 0.0838 e. The van der Waals surface area contributed by atoms with Crippen molar-refractivity contribution in [2.75, 3.05) is 0 Å². The van der Waals surface area contributed by atoms with Gasteiger partial charge in [0.05, 0.1) is 0 Å². The van der Waals surface area contributed by atoms with E-state index in [1.54, 1.807) is 0 Å². The van der Waals surface area contributed by atoms with Gasteiger partial charge in [-0.1, -0.05) is 44.0 Å². The summed E-state index contributed by atoms with van der Waals surface area (Å²) >= 11 is 7.22. The van der Waals surface area contributed by atoms with Crippen molar-refractivity contribution in [3.8, 4) is 0 Å². The van der Waals surface area contributed by atoms with Gasteiger partial charge in [-0.15, -0.1) is 0 Å². The Kier molecular flexibility index (Phi) is 2.06. The van der Waals surface area contributed by atoms with E-state index < -0.39 is 0 Å². The molecule has 0 saturated carbocycles. The van der Waals surface area contributed by atoms with Crippen LogP contribution in [0.1, 0.15) is 22.4 Å². The van der Waals surface area contributed by atoms with Crippen LogP contribution in [0.3, 0.4) is 0 Å². The molecule has 0 aliphatic heterocycles. The van der Waals surface area contributed by atoms with Gasteiger partial charge in [0.15, 0.2) is 0 Å². The molecule has 0 bridgehead atoms. The summed E-state index contributed by atoms with van der Waals surface area (Å²) < 4.78 is 1.24. The molecule has 0 N–H and O–H groups in total. The summed E-state index contributed by atoms with van der Waals surface area (Å²) in [5.41, 5.74) is 2.94. The molecule has 0 nitrogen and oxygen atoms in total. The van der Waals surface area contributed by atoms with E-state index >= 15 is 0 Å². The maximum atomic E-state index is 3.66. The summed E-state index contributed by atoms with van der Waals surface area (Å²) in [5.74, 6) is 0. The van der Waals surface area contributed by atoms with Crippen LogP contribution in [-0.2, 0) is 6.42 Å². The van der Waals surface area contributed by atoms with Crippen LogP contribution in [0.5, 0.6) is 0 Å². The summed E-state index contributed by atoms with van der Waals surface area (Å²) in [6, 6.07) is 6.42. The molecular weight excluding hydrogens is 268 g/mol. The molecule has 1 aliphatic rings. The van der Waals surface area contributed by atoms with Gasteiger partial charge in [-0.2, -0.15) is 0 Å². The van der Waals surface area contributed by atoms with Crippen molar-refractivity contribution < 1.29 is 0 Å². The highest BCUT2D eigenvalue weighted by molar-refractivity contribution is 9.11. The number of aryl methyl sites for hydroxylation is 1. The molecule has 1 unspecified atom stereocenters. The zero-order chi connectivity index (χ0) is 7.84. The highest BCUT2D eigenvalue weighted by Gasteiger charge is 2.21. The molecule has 0 saturated heterocycles. The Bertz CT molecular complexity index is 281. The van der Waals surface area contributed by atoms with Gasteiger partial charge in [0.2, 0.25) is 0 Å². The fraction of sp³-hybridized carbons (Fsp3) is 0.333. The lowest BCUT2D eigenvalue weighted by Gasteiger charge is -2.04. The topological polar surface area (TPSA) is 0 Å². The SMILES string of the molecule is Brc1cccc2c1C(Br)CC2. The Morgan fingerprint density at radius 2 is 2.18 bits per heavy atom. The van der Waals surface area contributed by atoms with Gasteiger partial charge in [0, 0.05) is 9.30 Å². The van der Waals surface area contributed by atoms with Crippen LogP contribution < -0.4 is 0 Å². The van der Waals surface area contributed by atoms with E-state index in [1.807, 2.05) is 0 Å². The van der Waals surface area contributed by atoms with E-state index in [0.29, 0.717) is 4.83 Å². The minimum atomic E-state index is 0.563. The lowest BCUT2D eigenvalue weighted by atomic mass is 10.1. The van der Waals surface area contributed by atoms with Gasteiger partial charge in [-0.3, -0.25) is 0 Å². The number of fused-ring (bicyclic) bond motifs is 1. The average molecular weight is 276 g/mol. The first-order valence-electron chi connectivity index (χ1n) is 3.70. The lowest BCUT2D eigenvalue weighted by molar-refractivity contribution is 0.902. The third-order valence-electron chi connectivity index (χ3n) is 2.12. The second-order valence-electron chi connectivity index (χ2n) is 2.82. The zero-order valence-corrected chi connectivity index (χ0v) is 9.15. The van der Waals surface area contributed by atoms with Crippen molar-refractivity contribution in [2.45, 2.75) is 17.7 Å². The molecule has 0 aromatic heterocycles. The Balaban J connectivity index is 2.58. The predicted octanol–water partition coefficient (Wildman–Crippen LogP) is 3.83. The Labute approximate surface area is 83.3 Å². The number of halogens is 2. The predicted molar refractivity (Wildman–Crippen MR) is 54.1 cm³/mol. The smallest absolute Gasteiger partial charge is 0.0412 e. The van der Waals surface area contributed by atoms with Gasteiger partial charge in [0.25, 0.3) is 0 Å². The molecule has 11 heavy (non-hydrogen) atoms. The molecule has 1 aromatic rings. The molecule has 58 valence electrons. The normalized spacial score (nSPS) is 21.8. The third-order valence-corrected chi connectivity index (χ3v) is 3.73. The van der Waals surface area contributed by atoms with Gasteiger partial charge in [-0.05, 0) is 30.0 Å². The standard InChI is InChI=1S/C9H8Br2/c10-7-3-1-2-6-4-5-8(11)9(6)7/h1-3,8H,4-5H2. The molecule has 1 aliphatic carbocycles. The fourth-order valence-electron chi connectivity index (χ4n) is 1.58. The molecule has 0 radical (unpaired) electrons. The summed E-state index contributed by atoms with van der Waals surface area (Å²) in [5, 5.41) is 0. The average Bonchev–Trinajstić information content (AvgIpc) is 2.34. The van der Waals surface area contributed by atoms with E-state index in [0.717, 1.165) is 0 Å².